The Morgan fingerprint density at radius 3 is 2.50 bits per heavy atom. The second-order valence-electron chi connectivity index (χ2n) is 7.44. The normalized spacial score (nSPS) is 12.6. The molecule has 3 amide bonds. The van der Waals surface area contributed by atoms with Gasteiger partial charge in [0.2, 0.25) is 0 Å². The summed E-state index contributed by atoms with van der Waals surface area (Å²) in [5.41, 5.74) is 2.29. The Morgan fingerprint density at radius 1 is 1.03 bits per heavy atom. The van der Waals surface area contributed by atoms with Crippen molar-refractivity contribution in [2.45, 2.75) is 26.7 Å². The fraction of sp³-hybridized carbons (Fsp3) is 0.208. The van der Waals surface area contributed by atoms with Gasteiger partial charge in [-0.3, -0.25) is 19.3 Å². The lowest BCUT2D eigenvalue weighted by molar-refractivity contribution is 0.0652. The third-order valence-electron chi connectivity index (χ3n) is 5.17. The standard InChI is InChI=1S/C24H22N4O4/c1-3-4-12-28-22(30)18-8-6-16(14-19(18)23(28)31)21(29)27-20-9-7-17(13-15(20)2)32-24-25-10-5-11-26-24/h5-11,13-14H,3-4,12H2,1-2H3,(H,27,29). The Labute approximate surface area is 185 Å². The number of fused-ring (bicyclic) bond motifs is 1. The highest BCUT2D eigenvalue weighted by Crippen LogP contribution is 2.27. The number of rotatable bonds is 7. The molecular formula is C24H22N4O4. The van der Waals surface area contributed by atoms with Gasteiger partial charge in [0.15, 0.2) is 0 Å². The van der Waals surface area contributed by atoms with E-state index < -0.39 is 0 Å². The molecule has 1 aromatic heterocycles. The van der Waals surface area contributed by atoms with Gasteiger partial charge in [-0.05, 0) is 61.4 Å². The molecular weight excluding hydrogens is 408 g/mol. The molecule has 1 N–H and O–H groups in total. The van der Waals surface area contributed by atoms with Crippen LogP contribution in [0.25, 0.3) is 0 Å². The quantitative estimate of drug-likeness (QED) is 0.563. The molecule has 1 aliphatic rings. The van der Waals surface area contributed by atoms with E-state index in [2.05, 4.69) is 15.3 Å². The molecule has 4 rings (SSSR count). The van der Waals surface area contributed by atoms with E-state index >= 15 is 0 Å². The van der Waals surface area contributed by atoms with Gasteiger partial charge in [-0.2, -0.15) is 0 Å². The van der Waals surface area contributed by atoms with E-state index in [9.17, 15) is 14.4 Å². The van der Waals surface area contributed by atoms with Crippen molar-refractivity contribution in [2.75, 3.05) is 11.9 Å². The molecule has 162 valence electrons. The van der Waals surface area contributed by atoms with E-state index in [1.165, 1.54) is 11.0 Å². The molecule has 0 bridgehead atoms. The SMILES string of the molecule is CCCCN1C(=O)c2ccc(C(=O)Nc3ccc(Oc4ncccn4)cc3C)cc2C1=O. The van der Waals surface area contributed by atoms with Crippen molar-refractivity contribution in [2.24, 2.45) is 0 Å². The number of nitrogens with zero attached hydrogens (tertiary/aromatic N) is 3. The molecule has 3 aromatic rings. The van der Waals surface area contributed by atoms with Gasteiger partial charge < -0.3 is 10.1 Å². The number of carbonyl (C=O) groups is 3. The zero-order chi connectivity index (χ0) is 22.7. The van der Waals surface area contributed by atoms with Crippen LogP contribution in [0.3, 0.4) is 0 Å². The van der Waals surface area contributed by atoms with Crippen molar-refractivity contribution in [1.82, 2.24) is 14.9 Å². The average molecular weight is 430 g/mol. The number of aromatic nitrogens is 2. The van der Waals surface area contributed by atoms with Crippen molar-refractivity contribution in [3.63, 3.8) is 0 Å². The summed E-state index contributed by atoms with van der Waals surface area (Å²) in [6.07, 6.45) is 4.79. The number of aryl methyl sites for hydroxylation is 1. The van der Waals surface area contributed by atoms with Crippen LogP contribution >= 0.6 is 0 Å². The summed E-state index contributed by atoms with van der Waals surface area (Å²) in [5, 5.41) is 2.84. The summed E-state index contributed by atoms with van der Waals surface area (Å²) in [5.74, 6) is -0.489. The highest BCUT2D eigenvalue weighted by atomic mass is 16.5. The molecule has 0 saturated carbocycles. The summed E-state index contributed by atoms with van der Waals surface area (Å²) >= 11 is 0. The molecule has 8 heteroatoms. The molecule has 0 atom stereocenters. The predicted molar refractivity (Wildman–Crippen MR) is 118 cm³/mol. The first-order valence-corrected chi connectivity index (χ1v) is 10.3. The van der Waals surface area contributed by atoms with Crippen LogP contribution in [0, 0.1) is 6.92 Å². The largest absolute Gasteiger partial charge is 0.424 e. The minimum atomic E-state index is -0.372. The van der Waals surface area contributed by atoms with E-state index in [4.69, 9.17) is 4.74 Å². The molecule has 0 unspecified atom stereocenters. The highest BCUT2D eigenvalue weighted by molar-refractivity contribution is 6.22. The highest BCUT2D eigenvalue weighted by Gasteiger charge is 2.35. The second-order valence-corrected chi connectivity index (χ2v) is 7.44. The number of carbonyl (C=O) groups excluding carboxylic acids is 3. The maximum atomic E-state index is 12.8. The molecule has 32 heavy (non-hydrogen) atoms. The van der Waals surface area contributed by atoms with Gasteiger partial charge in [0.25, 0.3) is 17.7 Å². The van der Waals surface area contributed by atoms with Crippen LogP contribution in [0.15, 0.2) is 54.9 Å². The van der Waals surface area contributed by atoms with Gasteiger partial charge in [0, 0.05) is 30.2 Å². The van der Waals surface area contributed by atoms with Crippen LogP contribution in [0.4, 0.5) is 5.69 Å². The average Bonchev–Trinajstić information content (AvgIpc) is 3.04. The number of benzene rings is 2. The van der Waals surface area contributed by atoms with Crippen molar-refractivity contribution in [1.29, 1.82) is 0 Å². The van der Waals surface area contributed by atoms with Crippen LogP contribution in [0.2, 0.25) is 0 Å². The molecule has 8 nitrogen and oxygen atoms in total. The van der Waals surface area contributed by atoms with Gasteiger partial charge in [-0.25, -0.2) is 9.97 Å². The summed E-state index contributed by atoms with van der Waals surface area (Å²) in [6, 6.07) is 11.7. The topological polar surface area (TPSA) is 101 Å². The lowest BCUT2D eigenvalue weighted by atomic mass is 10.0. The minimum Gasteiger partial charge on any atom is -0.424 e. The lowest BCUT2D eigenvalue weighted by Gasteiger charge is -2.12. The number of hydrogen-bond donors (Lipinski definition) is 1. The van der Waals surface area contributed by atoms with E-state index in [1.807, 2.05) is 13.8 Å². The summed E-state index contributed by atoms with van der Waals surface area (Å²) in [4.78, 5) is 47.2. The van der Waals surface area contributed by atoms with Gasteiger partial charge in [-0.15, -0.1) is 0 Å². The summed E-state index contributed by atoms with van der Waals surface area (Å²) < 4.78 is 5.61. The smallest absolute Gasteiger partial charge is 0.321 e. The Hall–Kier alpha value is -4.07. The zero-order valence-corrected chi connectivity index (χ0v) is 17.8. The number of ether oxygens (including phenoxy) is 1. The van der Waals surface area contributed by atoms with Crippen LogP contribution in [0.5, 0.6) is 11.8 Å². The Kier molecular flexibility index (Phi) is 5.93. The molecule has 0 saturated heterocycles. The monoisotopic (exact) mass is 430 g/mol. The van der Waals surface area contributed by atoms with Gasteiger partial charge in [0.05, 0.1) is 11.1 Å². The summed E-state index contributed by atoms with van der Waals surface area (Å²) in [7, 11) is 0. The molecule has 0 spiro atoms. The maximum absolute atomic E-state index is 12.8. The van der Waals surface area contributed by atoms with Crippen LogP contribution in [-0.2, 0) is 0 Å². The Balaban J connectivity index is 1.49. The number of hydrogen-bond acceptors (Lipinski definition) is 6. The molecule has 0 aliphatic carbocycles. The van der Waals surface area contributed by atoms with Gasteiger partial charge in [0.1, 0.15) is 5.75 Å². The van der Waals surface area contributed by atoms with Crippen molar-refractivity contribution < 1.29 is 19.1 Å². The number of amides is 3. The van der Waals surface area contributed by atoms with Crippen LogP contribution in [-0.4, -0.2) is 39.1 Å². The first-order valence-electron chi connectivity index (χ1n) is 10.3. The first kappa shape index (κ1) is 21.2. The number of unbranched alkanes of at least 4 members (excludes halogenated alkanes) is 1. The fourth-order valence-corrected chi connectivity index (χ4v) is 3.43. The van der Waals surface area contributed by atoms with E-state index in [0.29, 0.717) is 29.1 Å². The predicted octanol–water partition coefficient (Wildman–Crippen LogP) is 4.23. The number of nitrogens with one attached hydrogen (secondary N) is 1. The summed E-state index contributed by atoms with van der Waals surface area (Å²) in [6.45, 7) is 4.22. The van der Waals surface area contributed by atoms with E-state index in [1.54, 1.807) is 48.8 Å². The maximum Gasteiger partial charge on any atom is 0.321 e. The number of imide groups is 1. The van der Waals surface area contributed by atoms with Crippen molar-refractivity contribution in [3.8, 4) is 11.8 Å². The molecule has 1 aliphatic heterocycles. The third-order valence-corrected chi connectivity index (χ3v) is 5.17. The Morgan fingerprint density at radius 2 is 1.78 bits per heavy atom. The van der Waals surface area contributed by atoms with Crippen molar-refractivity contribution >= 4 is 23.4 Å². The van der Waals surface area contributed by atoms with E-state index in [-0.39, 0.29) is 29.3 Å². The lowest BCUT2D eigenvalue weighted by Crippen LogP contribution is -2.30. The minimum absolute atomic E-state index is 0.231. The first-order chi connectivity index (χ1) is 15.5. The second kappa shape index (κ2) is 8.97. The number of anilines is 1. The molecule has 0 fully saturated rings. The molecule has 2 aromatic carbocycles. The van der Waals surface area contributed by atoms with Crippen molar-refractivity contribution in [3.05, 3.63) is 77.1 Å². The zero-order valence-electron chi connectivity index (χ0n) is 17.8. The molecule has 0 radical (unpaired) electrons. The van der Waals surface area contributed by atoms with E-state index in [0.717, 1.165) is 18.4 Å². The Bertz CT molecular complexity index is 1190. The van der Waals surface area contributed by atoms with Crippen LogP contribution in [0.1, 0.15) is 56.4 Å². The molecule has 2 heterocycles. The fourth-order valence-electron chi connectivity index (χ4n) is 3.43. The third kappa shape index (κ3) is 4.20. The van der Waals surface area contributed by atoms with Gasteiger partial charge in [-0.1, -0.05) is 13.3 Å². The van der Waals surface area contributed by atoms with Crippen LogP contribution < -0.4 is 10.1 Å². The van der Waals surface area contributed by atoms with Gasteiger partial charge >= 0.3 is 6.01 Å².